The molecule has 8 heteroatoms. The zero-order valence-corrected chi connectivity index (χ0v) is 11.6. The number of piperidine rings is 1. The summed E-state index contributed by atoms with van der Waals surface area (Å²) in [5.74, 6) is -0.324. The number of carbonyl (C=O) groups is 1. The van der Waals surface area contributed by atoms with Crippen LogP contribution in [-0.4, -0.2) is 45.0 Å². The molecule has 1 amide bonds. The van der Waals surface area contributed by atoms with Crippen molar-refractivity contribution in [1.82, 2.24) is 9.88 Å². The number of aliphatic hydroxyl groups is 1. The first-order chi connectivity index (χ1) is 9.40. The largest absolute Gasteiger partial charge is 0.391 e. The molecule has 0 radical (unpaired) electrons. The lowest BCUT2D eigenvalue weighted by molar-refractivity contribution is -0.385. The molecule has 1 aromatic heterocycles. The molecule has 2 heterocycles. The lowest BCUT2D eigenvalue weighted by Crippen LogP contribution is -2.45. The van der Waals surface area contributed by atoms with E-state index in [0.717, 1.165) is 12.3 Å². The van der Waals surface area contributed by atoms with Crippen LogP contribution in [-0.2, 0) is 0 Å². The Bertz CT molecular complexity index is 552. The summed E-state index contributed by atoms with van der Waals surface area (Å²) in [6.07, 6.45) is 1.08. The van der Waals surface area contributed by atoms with Gasteiger partial charge in [0.15, 0.2) is 0 Å². The maximum atomic E-state index is 12.3. The number of nitro groups is 1. The van der Waals surface area contributed by atoms with E-state index in [2.05, 4.69) is 4.98 Å². The number of nitrogens with zero attached hydrogens (tertiary/aromatic N) is 3. The molecule has 20 heavy (non-hydrogen) atoms. The minimum absolute atomic E-state index is 0.0115. The molecule has 0 saturated carbocycles. The number of amides is 1. The van der Waals surface area contributed by atoms with Gasteiger partial charge < -0.3 is 10.0 Å². The lowest BCUT2D eigenvalue weighted by Gasteiger charge is -2.34. The van der Waals surface area contributed by atoms with Gasteiger partial charge in [-0.25, -0.2) is 4.98 Å². The van der Waals surface area contributed by atoms with Gasteiger partial charge in [-0.3, -0.25) is 14.9 Å². The molecule has 0 aliphatic carbocycles. The number of aromatic nitrogens is 1. The van der Waals surface area contributed by atoms with Crippen molar-refractivity contribution in [2.24, 2.45) is 5.92 Å². The quantitative estimate of drug-likeness (QED) is 0.507. The number of aliphatic hydroxyl groups excluding tert-OH is 1. The van der Waals surface area contributed by atoms with E-state index < -0.39 is 16.9 Å². The first kappa shape index (κ1) is 14.7. The highest BCUT2D eigenvalue weighted by Crippen LogP contribution is 2.24. The molecule has 1 aliphatic heterocycles. The number of halogens is 1. The Kier molecular flexibility index (Phi) is 4.20. The number of rotatable bonds is 2. The third-order valence-corrected chi connectivity index (χ3v) is 3.77. The highest BCUT2D eigenvalue weighted by molar-refractivity contribution is 6.32. The van der Waals surface area contributed by atoms with Crippen molar-refractivity contribution in [3.8, 4) is 0 Å². The normalized spacial score (nSPS) is 22.6. The number of β-amino-alcohol motifs (C(OH)–C–C–N with tert-alkyl or cyclic N) is 1. The predicted molar refractivity (Wildman–Crippen MR) is 71.6 cm³/mol. The van der Waals surface area contributed by atoms with Gasteiger partial charge in [-0.1, -0.05) is 18.5 Å². The summed E-state index contributed by atoms with van der Waals surface area (Å²) in [6.45, 7) is 2.59. The maximum Gasteiger partial charge on any atom is 0.288 e. The van der Waals surface area contributed by atoms with E-state index in [1.165, 1.54) is 4.90 Å². The van der Waals surface area contributed by atoms with Crippen LogP contribution in [0.2, 0.25) is 5.15 Å². The van der Waals surface area contributed by atoms with Crippen molar-refractivity contribution in [3.05, 3.63) is 33.1 Å². The van der Waals surface area contributed by atoms with Gasteiger partial charge in [0.25, 0.3) is 11.6 Å². The summed E-state index contributed by atoms with van der Waals surface area (Å²) in [5, 5.41) is 20.4. The molecule has 1 fully saturated rings. The molecule has 0 spiro atoms. The van der Waals surface area contributed by atoms with E-state index in [1.54, 1.807) is 0 Å². The zero-order valence-electron chi connectivity index (χ0n) is 10.8. The van der Waals surface area contributed by atoms with Crippen LogP contribution in [0.4, 0.5) is 5.69 Å². The molecule has 1 N–H and O–H groups in total. The predicted octanol–water partition coefficient (Wildman–Crippen LogP) is 1.49. The molecule has 1 saturated heterocycles. The van der Waals surface area contributed by atoms with Crippen LogP contribution >= 0.6 is 11.6 Å². The second-order valence-corrected chi connectivity index (χ2v) is 5.23. The fraction of sp³-hybridized carbons (Fsp3) is 0.500. The van der Waals surface area contributed by atoms with Gasteiger partial charge in [-0.15, -0.1) is 0 Å². The SMILES string of the molecule is CC1CCN(C(=O)c2cc([N+](=O)[O-])cnc2Cl)CC1O. The van der Waals surface area contributed by atoms with E-state index in [0.29, 0.717) is 13.0 Å². The first-order valence-electron chi connectivity index (χ1n) is 6.17. The van der Waals surface area contributed by atoms with E-state index >= 15 is 0 Å². The van der Waals surface area contributed by atoms with Crippen LogP contribution in [0.3, 0.4) is 0 Å². The van der Waals surface area contributed by atoms with Gasteiger partial charge in [0.2, 0.25) is 0 Å². The number of hydrogen-bond donors (Lipinski definition) is 1. The number of hydrogen-bond acceptors (Lipinski definition) is 5. The molecule has 0 aromatic carbocycles. The summed E-state index contributed by atoms with van der Waals surface area (Å²) < 4.78 is 0. The Morgan fingerprint density at radius 2 is 2.35 bits per heavy atom. The minimum atomic E-state index is -0.632. The molecule has 2 unspecified atom stereocenters. The van der Waals surface area contributed by atoms with Crippen LogP contribution in [0, 0.1) is 16.0 Å². The summed E-state index contributed by atoms with van der Waals surface area (Å²) in [6, 6.07) is 1.11. The number of pyridine rings is 1. The molecule has 2 atom stereocenters. The number of likely N-dealkylation sites (tertiary alicyclic amines) is 1. The molecule has 2 rings (SSSR count). The van der Waals surface area contributed by atoms with Crippen LogP contribution < -0.4 is 0 Å². The highest BCUT2D eigenvalue weighted by atomic mass is 35.5. The van der Waals surface area contributed by atoms with Gasteiger partial charge in [-0.2, -0.15) is 0 Å². The maximum absolute atomic E-state index is 12.3. The van der Waals surface area contributed by atoms with Crippen molar-refractivity contribution in [2.75, 3.05) is 13.1 Å². The lowest BCUT2D eigenvalue weighted by atomic mass is 9.95. The minimum Gasteiger partial charge on any atom is -0.391 e. The Morgan fingerprint density at radius 1 is 1.65 bits per heavy atom. The molecule has 1 aliphatic rings. The van der Waals surface area contributed by atoms with Crippen LogP contribution in [0.5, 0.6) is 0 Å². The topological polar surface area (TPSA) is 96.6 Å². The van der Waals surface area contributed by atoms with E-state index in [1.807, 2.05) is 6.92 Å². The zero-order chi connectivity index (χ0) is 14.9. The summed E-state index contributed by atoms with van der Waals surface area (Å²) >= 11 is 5.84. The Balaban J connectivity index is 2.25. The smallest absolute Gasteiger partial charge is 0.288 e. The van der Waals surface area contributed by atoms with Gasteiger partial charge in [0, 0.05) is 19.2 Å². The molecule has 0 bridgehead atoms. The number of carbonyl (C=O) groups excluding carboxylic acids is 1. The highest BCUT2D eigenvalue weighted by Gasteiger charge is 2.29. The Morgan fingerprint density at radius 3 is 2.95 bits per heavy atom. The van der Waals surface area contributed by atoms with Crippen molar-refractivity contribution in [3.63, 3.8) is 0 Å². The molecule has 108 valence electrons. The second-order valence-electron chi connectivity index (χ2n) is 4.87. The molecule has 1 aromatic rings. The second kappa shape index (κ2) is 5.72. The monoisotopic (exact) mass is 299 g/mol. The third-order valence-electron chi connectivity index (χ3n) is 3.47. The van der Waals surface area contributed by atoms with E-state index in [-0.39, 0.29) is 28.9 Å². The molecular formula is C12H14ClN3O4. The average Bonchev–Trinajstić information content (AvgIpc) is 2.41. The van der Waals surface area contributed by atoms with Crippen LogP contribution in [0.25, 0.3) is 0 Å². The van der Waals surface area contributed by atoms with Crippen molar-refractivity contribution < 1.29 is 14.8 Å². The molecular weight excluding hydrogens is 286 g/mol. The van der Waals surface area contributed by atoms with Crippen LogP contribution in [0.15, 0.2) is 12.3 Å². The van der Waals surface area contributed by atoms with Gasteiger partial charge in [0.1, 0.15) is 11.3 Å². The third kappa shape index (κ3) is 2.88. The average molecular weight is 300 g/mol. The fourth-order valence-corrected chi connectivity index (χ4v) is 2.27. The van der Waals surface area contributed by atoms with Crippen molar-refractivity contribution >= 4 is 23.2 Å². The van der Waals surface area contributed by atoms with Gasteiger partial charge >= 0.3 is 0 Å². The first-order valence-corrected chi connectivity index (χ1v) is 6.55. The summed E-state index contributed by atoms with van der Waals surface area (Å²) in [7, 11) is 0. The standard InChI is InChI=1S/C12H14ClN3O4/c1-7-2-3-15(6-10(7)17)12(18)9-4-8(16(19)20)5-14-11(9)13/h4-5,7,10,17H,2-3,6H2,1H3. The fourth-order valence-electron chi connectivity index (χ4n) is 2.09. The Hall–Kier alpha value is -1.73. The van der Waals surface area contributed by atoms with E-state index in [9.17, 15) is 20.0 Å². The van der Waals surface area contributed by atoms with Gasteiger partial charge in [0.05, 0.1) is 16.6 Å². The summed E-state index contributed by atoms with van der Waals surface area (Å²) in [4.78, 5) is 27.5. The Labute approximate surface area is 120 Å². The van der Waals surface area contributed by atoms with Crippen LogP contribution in [0.1, 0.15) is 23.7 Å². The van der Waals surface area contributed by atoms with Gasteiger partial charge in [-0.05, 0) is 12.3 Å². The summed E-state index contributed by atoms with van der Waals surface area (Å²) in [5.41, 5.74) is -0.300. The van der Waals surface area contributed by atoms with E-state index in [4.69, 9.17) is 11.6 Å². The van der Waals surface area contributed by atoms with Crippen molar-refractivity contribution in [1.29, 1.82) is 0 Å². The molecule has 7 nitrogen and oxygen atoms in total. The van der Waals surface area contributed by atoms with Crippen molar-refractivity contribution in [2.45, 2.75) is 19.4 Å².